The molecule has 96 valence electrons. The van der Waals surface area contributed by atoms with Gasteiger partial charge in [-0.1, -0.05) is 39.5 Å². The second-order valence-electron chi connectivity index (χ2n) is 5.76. The van der Waals surface area contributed by atoms with Crippen LogP contribution in [0, 0.1) is 5.92 Å². The third-order valence-electron chi connectivity index (χ3n) is 2.88. The van der Waals surface area contributed by atoms with Crippen LogP contribution in [-0.4, -0.2) is 17.9 Å². The Bertz CT molecular complexity index is 193. The number of ketones is 1. The van der Waals surface area contributed by atoms with E-state index in [0.717, 1.165) is 12.8 Å². The van der Waals surface area contributed by atoms with E-state index < -0.39 is 0 Å². The number of hydrogen-bond donors (Lipinski definition) is 1. The standard InChI is InChI=1S/C14H29NO/c1-6-8-9-12(7-2)10-13(16)11-15-14(3,4)5/h12,15H,6-11H2,1-5H3. The molecule has 0 aliphatic heterocycles. The van der Waals surface area contributed by atoms with Crippen molar-refractivity contribution >= 4 is 5.78 Å². The summed E-state index contributed by atoms with van der Waals surface area (Å²) in [5, 5.41) is 3.26. The summed E-state index contributed by atoms with van der Waals surface area (Å²) in [4.78, 5) is 11.8. The molecule has 0 aliphatic rings. The van der Waals surface area contributed by atoms with Gasteiger partial charge in [0.1, 0.15) is 5.78 Å². The fourth-order valence-corrected chi connectivity index (χ4v) is 1.70. The van der Waals surface area contributed by atoms with Crippen LogP contribution in [0.15, 0.2) is 0 Å². The minimum absolute atomic E-state index is 0.0425. The van der Waals surface area contributed by atoms with Gasteiger partial charge in [0, 0.05) is 12.0 Å². The average molecular weight is 227 g/mol. The van der Waals surface area contributed by atoms with Crippen molar-refractivity contribution in [1.82, 2.24) is 5.32 Å². The van der Waals surface area contributed by atoms with Crippen LogP contribution in [0.3, 0.4) is 0 Å². The summed E-state index contributed by atoms with van der Waals surface area (Å²) in [6, 6.07) is 0. The van der Waals surface area contributed by atoms with Crippen LogP contribution in [-0.2, 0) is 4.79 Å². The molecule has 2 nitrogen and oxygen atoms in total. The second-order valence-corrected chi connectivity index (χ2v) is 5.76. The van der Waals surface area contributed by atoms with Crippen molar-refractivity contribution in [3.63, 3.8) is 0 Å². The molecule has 0 aromatic heterocycles. The quantitative estimate of drug-likeness (QED) is 0.687. The van der Waals surface area contributed by atoms with Crippen LogP contribution in [0.5, 0.6) is 0 Å². The molecule has 0 aromatic carbocycles. The van der Waals surface area contributed by atoms with Gasteiger partial charge in [-0.15, -0.1) is 0 Å². The highest BCUT2D eigenvalue weighted by molar-refractivity contribution is 5.80. The van der Waals surface area contributed by atoms with Crippen molar-refractivity contribution in [3.8, 4) is 0 Å². The smallest absolute Gasteiger partial charge is 0.146 e. The number of unbranched alkanes of at least 4 members (excludes halogenated alkanes) is 1. The SMILES string of the molecule is CCCCC(CC)CC(=O)CNC(C)(C)C. The van der Waals surface area contributed by atoms with E-state index in [1.54, 1.807) is 0 Å². The summed E-state index contributed by atoms with van der Waals surface area (Å²) in [5.74, 6) is 0.951. The first kappa shape index (κ1) is 15.6. The molecule has 0 saturated heterocycles. The predicted octanol–water partition coefficient (Wildman–Crippen LogP) is 3.55. The summed E-state index contributed by atoms with van der Waals surface area (Å²) in [6.45, 7) is 11.2. The summed E-state index contributed by atoms with van der Waals surface area (Å²) in [5.41, 5.74) is 0.0425. The minimum Gasteiger partial charge on any atom is -0.305 e. The molecule has 0 fully saturated rings. The summed E-state index contributed by atoms with van der Waals surface area (Å²) in [6.07, 6.45) is 5.55. The molecule has 0 saturated carbocycles. The summed E-state index contributed by atoms with van der Waals surface area (Å²) in [7, 11) is 0. The van der Waals surface area contributed by atoms with E-state index in [4.69, 9.17) is 0 Å². The minimum atomic E-state index is 0.0425. The van der Waals surface area contributed by atoms with Crippen LogP contribution in [0.1, 0.15) is 66.7 Å². The van der Waals surface area contributed by atoms with Crippen LogP contribution in [0.2, 0.25) is 0 Å². The molecule has 16 heavy (non-hydrogen) atoms. The maximum atomic E-state index is 11.8. The van der Waals surface area contributed by atoms with Gasteiger partial charge in [-0.25, -0.2) is 0 Å². The zero-order valence-electron chi connectivity index (χ0n) is 11.7. The first-order chi connectivity index (χ1) is 7.39. The Labute approximate surface area is 101 Å². The maximum Gasteiger partial charge on any atom is 0.146 e. The van der Waals surface area contributed by atoms with Gasteiger partial charge in [-0.05, 0) is 26.7 Å². The lowest BCUT2D eigenvalue weighted by Gasteiger charge is -2.21. The predicted molar refractivity (Wildman–Crippen MR) is 70.7 cm³/mol. The van der Waals surface area contributed by atoms with Crippen molar-refractivity contribution in [2.45, 2.75) is 72.3 Å². The van der Waals surface area contributed by atoms with E-state index in [1.807, 2.05) is 0 Å². The Kier molecular flexibility index (Phi) is 7.65. The number of rotatable bonds is 8. The Balaban J connectivity index is 3.83. The lowest BCUT2D eigenvalue weighted by Crippen LogP contribution is -2.39. The molecule has 0 bridgehead atoms. The molecule has 1 N–H and O–H groups in total. The molecule has 0 rings (SSSR count). The molecule has 0 aromatic rings. The topological polar surface area (TPSA) is 29.1 Å². The Hall–Kier alpha value is -0.370. The summed E-state index contributed by atoms with van der Waals surface area (Å²) >= 11 is 0. The highest BCUT2D eigenvalue weighted by atomic mass is 16.1. The van der Waals surface area contributed by atoms with E-state index in [2.05, 4.69) is 39.9 Å². The molecule has 0 aliphatic carbocycles. The van der Waals surface area contributed by atoms with E-state index >= 15 is 0 Å². The number of carbonyl (C=O) groups is 1. The van der Waals surface area contributed by atoms with Crippen molar-refractivity contribution in [2.24, 2.45) is 5.92 Å². The normalized spacial score (nSPS) is 13.8. The van der Waals surface area contributed by atoms with Gasteiger partial charge in [0.05, 0.1) is 6.54 Å². The molecule has 1 unspecified atom stereocenters. The first-order valence-corrected chi connectivity index (χ1v) is 6.65. The molecule has 1 atom stereocenters. The Morgan fingerprint density at radius 1 is 1.25 bits per heavy atom. The molecule has 0 amide bonds. The number of hydrogen-bond acceptors (Lipinski definition) is 2. The number of carbonyl (C=O) groups excluding carboxylic acids is 1. The van der Waals surface area contributed by atoms with Crippen LogP contribution >= 0.6 is 0 Å². The maximum absolute atomic E-state index is 11.8. The highest BCUT2D eigenvalue weighted by Gasteiger charge is 2.14. The van der Waals surface area contributed by atoms with E-state index in [-0.39, 0.29) is 5.54 Å². The lowest BCUT2D eigenvalue weighted by atomic mass is 9.93. The zero-order valence-corrected chi connectivity index (χ0v) is 11.7. The third-order valence-corrected chi connectivity index (χ3v) is 2.88. The lowest BCUT2D eigenvalue weighted by molar-refractivity contribution is -0.119. The van der Waals surface area contributed by atoms with Crippen molar-refractivity contribution in [1.29, 1.82) is 0 Å². The van der Waals surface area contributed by atoms with Gasteiger partial charge in [0.2, 0.25) is 0 Å². The van der Waals surface area contributed by atoms with Crippen molar-refractivity contribution in [2.75, 3.05) is 6.54 Å². The van der Waals surface area contributed by atoms with Gasteiger partial charge < -0.3 is 5.32 Å². The highest BCUT2D eigenvalue weighted by Crippen LogP contribution is 2.16. The van der Waals surface area contributed by atoms with Crippen LogP contribution < -0.4 is 5.32 Å². The van der Waals surface area contributed by atoms with Crippen molar-refractivity contribution < 1.29 is 4.79 Å². The molecule has 0 heterocycles. The van der Waals surface area contributed by atoms with Gasteiger partial charge >= 0.3 is 0 Å². The average Bonchev–Trinajstić information content (AvgIpc) is 2.20. The zero-order chi connectivity index (χ0) is 12.6. The molecular weight excluding hydrogens is 198 g/mol. The van der Waals surface area contributed by atoms with Gasteiger partial charge in [-0.3, -0.25) is 4.79 Å². The van der Waals surface area contributed by atoms with E-state index in [1.165, 1.54) is 19.3 Å². The Morgan fingerprint density at radius 2 is 1.88 bits per heavy atom. The van der Waals surface area contributed by atoms with Gasteiger partial charge in [-0.2, -0.15) is 0 Å². The third kappa shape index (κ3) is 8.90. The Morgan fingerprint density at radius 3 is 2.31 bits per heavy atom. The van der Waals surface area contributed by atoms with Crippen LogP contribution in [0.4, 0.5) is 0 Å². The first-order valence-electron chi connectivity index (χ1n) is 6.65. The molecule has 0 spiro atoms. The summed E-state index contributed by atoms with van der Waals surface area (Å²) < 4.78 is 0. The molecule has 0 radical (unpaired) electrons. The van der Waals surface area contributed by atoms with Crippen LogP contribution in [0.25, 0.3) is 0 Å². The molecule has 2 heteroatoms. The van der Waals surface area contributed by atoms with E-state index in [9.17, 15) is 4.79 Å². The monoisotopic (exact) mass is 227 g/mol. The molecular formula is C14H29NO. The second kappa shape index (κ2) is 7.83. The largest absolute Gasteiger partial charge is 0.305 e. The fourth-order valence-electron chi connectivity index (χ4n) is 1.70. The fraction of sp³-hybridized carbons (Fsp3) is 0.929. The number of Topliss-reactive ketones (excluding diaryl/α,β-unsaturated/α-hetero) is 1. The number of nitrogens with one attached hydrogen (secondary N) is 1. The van der Waals surface area contributed by atoms with Gasteiger partial charge in [0.15, 0.2) is 0 Å². The van der Waals surface area contributed by atoms with Gasteiger partial charge in [0.25, 0.3) is 0 Å². The van der Waals surface area contributed by atoms with E-state index in [0.29, 0.717) is 18.2 Å². The van der Waals surface area contributed by atoms with Crippen molar-refractivity contribution in [3.05, 3.63) is 0 Å².